The Bertz CT molecular complexity index is 589. The maximum atomic E-state index is 4.50. The molecule has 1 unspecified atom stereocenters. The van der Waals surface area contributed by atoms with Crippen molar-refractivity contribution in [2.24, 2.45) is 7.05 Å². The van der Waals surface area contributed by atoms with Gasteiger partial charge in [-0.05, 0) is 57.0 Å². The topological polar surface area (TPSA) is 29.9 Å². The molecule has 0 saturated heterocycles. The number of nitrogens with one attached hydrogen (secondary N) is 1. The minimum absolute atomic E-state index is 0.422. The summed E-state index contributed by atoms with van der Waals surface area (Å²) in [7, 11) is 4.04. The fraction of sp³-hybridized carbons (Fsp3) is 0.438. The molecule has 3 nitrogen and oxygen atoms in total. The van der Waals surface area contributed by atoms with Gasteiger partial charge in [-0.2, -0.15) is 5.10 Å². The lowest BCUT2D eigenvalue weighted by Gasteiger charge is -2.17. The molecule has 2 rings (SSSR count). The Morgan fingerprint density at radius 2 is 2.05 bits per heavy atom. The van der Waals surface area contributed by atoms with Crippen LogP contribution >= 0.6 is 15.9 Å². The van der Waals surface area contributed by atoms with Crippen LogP contribution < -0.4 is 5.32 Å². The summed E-state index contributed by atoms with van der Waals surface area (Å²) in [6.45, 7) is 4.23. The van der Waals surface area contributed by atoms with E-state index in [1.54, 1.807) is 0 Å². The van der Waals surface area contributed by atoms with Crippen molar-refractivity contribution in [2.45, 2.75) is 32.7 Å². The van der Waals surface area contributed by atoms with Gasteiger partial charge in [0.2, 0.25) is 0 Å². The molecule has 1 aromatic carbocycles. The molecule has 0 amide bonds. The molecule has 0 fully saturated rings. The fourth-order valence-corrected chi connectivity index (χ4v) is 3.03. The highest BCUT2D eigenvalue weighted by atomic mass is 79.9. The number of nitrogens with zero attached hydrogens (tertiary/aromatic N) is 2. The zero-order chi connectivity index (χ0) is 14.7. The van der Waals surface area contributed by atoms with Crippen LogP contribution in [0.5, 0.6) is 0 Å². The van der Waals surface area contributed by atoms with Crippen LogP contribution in [0.2, 0.25) is 0 Å². The van der Waals surface area contributed by atoms with E-state index in [0.717, 1.165) is 23.0 Å². The van der Waals surface area contributed by atoms with Gasteiger partial charge in [0.1, 0.15) is 0 Å². The molecule has 0 saturated carbocycles. The van der Waals surface area contributed by atoms with Crippen LogP contribution in [0.3, 0.4) is 0 Å². The Hall–Kier alpha value is -1.13. The number of hydrogen-bond donors (Lipinski definition) is 1. The number of benzene rings is 1. The first kappa shape index (κ1) is 15.3. The van der Waals surface area contributed by atoms with Crippen molar-refractivity contribution in [3.05, 3.63) is 51.3 Å². The maximum absolute atomic E-state index is 4.50. The van der Waals surface area contributed by atoms with Crippen LogP contribution in [0.4, 0.5) is 0 Å². The summed E-state index contributed by atoms with van der Waals surface area (Å²) in [5, 5.41) is 7.93. The lowest BCUT2D eigenvalue weighted by atomic mass is 9.98. The van der Waals surface area contributed by atoms with E-state index < -0.39 is 0 Å². The molecule has 2 aromatic rings. The van der Waals surface area contributed by atoms with Crippen molar-refractivity contribution in [3.8, 4) is 0 Å². The average Bonchev–Trinajstić information content (AvgIpc) is 2.64. The van der Waals surface area contributed by atoms with Crippen molar-refractivity contribution in [1.29, 1.82) is 0 Å². The molecule has 108 valence electrons. The fourth-order valence-electron chi connectivity index (χ4n) is 2.58. The largest absolute Gasteiger partial charge is 0.316 e. The predicted octanol–water partition coefficient (Wildman–Crippen LogP) is 3.17. The molecular formula is C16H22BrN3. The normalized spacial score (nSPS) is 12.7. The van der Waals surface area contributed by atoms with E-state index in [1.807, 2.05) is 18.8 Å². The van der Waals surface area contributed by atoms with Gasteiger partial charge in [0.15, 0.2) is 0 Å². The zero-order valence-electron chi connectivity index (χ0n) is 12.6. The van der Waals surface area contributed by atoms with Gasteiger partial charge in [0.25, 0.3) is 0 Å². The number of rotatable bonds is 5. The van der Waals surface area contributed by atoms with Gasteiger partial charge in [-0.15, -0.1) is 0 Å². The van der Waals surface area contributed by atoms with Gasteiger partial charge in [0.05, 0.1) is 5.69 Å². The van der Waals surface area contributed by atoms with Gasteiger partial charge in [0, 0.05) is 23.3 Å². The molecule has 0 radical (unpaired) electrons. The highest BCUT2D eigenvalue weighted by molar-refractivity contribution is 9.10. The summed E-state index contributed by atoms with van der Waals surface area (Å²) in [6, 6.07) is 8.94. The molecule has 1 heterocycles. The van der Waals surface area contributed by atoms with E-state index in [-0.39, 0.29) is 0 Å². The zero-order valence-corrected chi connectivity index (χ0v) is 14.2. The highest BCUT2D eigenvalue weighted by Gasteiger charge is 2.15. The quantitative estimate of drug-likeness (QED) is 0.909. The second-order valence-electron chi connectivity index (χ2n) is 5.30. The first-order valence-electron chi connectivity index (χ1n) is 6.92. The number of hydrogen-bond acceptors (Lipinski definition) is 2. The monoisotopic (exact) mass is 335 g/mol. The Labute approximate surface area is 129 Å². The number of halogens is 1. The molecule has 0 aliphatic heterocycles. The minimum atomic E-state index is 0.422. The summed E-state index contributed by atoms with van der Waals surface area (Å²) in [4.78, 5) is 0. The summed E-state index contributed by atoms with van der Waals surface area (Å²) in [5.74, 6) is 0. The van der Waals surface area contributed by atoms with E-state index in [9.17, 15) is 0 Å². The second-order valence-corrected chi connectivity index (χ2v) is 6.21. The maximum Gasteiger partial charge on any atom is 0.0628 e. The molecule has 0 spiro atoms. The molecule has 1 N–H and O–H groups in total. The summed E-state index contributed by atoms with van der Waals surface area (Å²) in [6.07, 6.45) is 2.03. The Balaban J connectivity index is 2.13. The Kier molecular flexibility index (Phi) is 5.00. The summed E-state index contributed by atoms with van der Waals surface area (Å²) in [5.41, 5.74) is 5.11. The van der Waals surface area contributed by atoms with Gasteiger partial charge in [-0.3, -0.25) is 4.68 Å². The second kappa shape index (κ2) is 6.55. The molecule has 1 atom stereocenters. The molecule has 0 bridgehead atoms. The number of aromatic nitrogens is 2. The van der Waals surface area contributed by atoms with Crippen molar-refractivity contribution in [1.82, 2.24) is 15.1 Å². The molecule has 0 aliphatic rings. The van der Waals surface area contributed by atoms with Crippen LogP contribution in [0.25, 0.3) is 0 Å². The standard InChI is InChI=1S/C16H22BrN3/c1-11-16(12(2)20(4)19-11)10-15(18-3)9-13-6-5-7-14(17)8-13/h5-8,15,18H,9-10H2,1-4H3. The van der Waals surface area contributed by atoms with Crippen LogP contribution in [0.1, 0.15) is 22.5 Å². The third kappa shape index (κ3) is 3.49. The third-order valence-electron chi connectivity index (χ3n) is 3.89. The molecule has 4 heteroatoms. The smallest absolute Gasteiger partial charge is 0.0628 e. The molecule has 1 aromatic heterocycles. The van der Waals surface area contributed by atoms with Gasteiger partial charge in [-0.25, -0.2) is 0 Å². The number of likely N-dealkylation sites (N-methyl/N-ethyl adjacent to an activating group) is 1. The lowest BCUT2D eigenvalue weighted by Crippen LogP contribution is -2.30. The molecule has 0 aliphatic carbocycles. The average molecular weight is 336 g/mol. The number of aryl methyl sites for hydroxylation is 2. The summed E-state index contributed by atoms with van der Waals surface area (Å²) >= 11 is 3.53. The first-order chi connectivity index (χ1) is 9.51. The van der Waals surface area contributed by atoms with Crippen molar-refractivity contribution in [3.63, 3.8) is 0 Å². The Morgan fingerprint density at radius 3 is 2.60 bits per heavy atom. The van der Waals surface area contributed by atoms with Crippen LogP contribution in [-0.4, -0.2) is 22.9 Å². The first-order valence-corrected chi connectivity index (χ1v) is 7.71. The lowest BCUT2D eigenvalue weighted by molar-refractivity contribution is 0.553. The van der Waals surface area contributed by atoms with Gasteiger partial charge in [-0.1, -0.05) is 28.1 Å². The summed E-state index contributed by atoms with van der Waals surface area (Å²) < 4.78 is 3.11. The van der Waals surface area contributed by atoms with Crippen LogP contribution in [0, 0.1) is 13.8 Å². The van der Waals surface area contributed by atoms with Crippen molar-refractivity contribution < 1.29 is 0 Å². The van der Waals surface area contributed by atoms with Gasteiger partial charge >= 0.3 is 0 Å². The minimum Gasteiger partial charge on any atom is -0.316 e. The van der Waals surface area contributed by atoms with Crippen LogP contribution in [-0.2, 0) is 19.9 Å². The van der Waals surface area contributed by atoms with Gasteiger partial charge < -0.3 is 5.32 Å². The predicted molar refractivity (Wildman–Crippen MR) is 87.1 cm³/mol. The SMILES string of the molecule is CNC(Cc1cccc(Br)c1)Cc1c(C)nn(C)c1C. The van der Waals surface area contributed by atoms with E-state index in [2.05, 4.69) is 64.5 Å². The van der Waals surface area contributed by atoms with Crippen LogP contribution in [0.15, 0.2) is 28.7 Å². The Morgan fingerprint density at radius 1 is 1.30 bits per heavy atom. The highest BCUT2D eigenvalue weighted by Crippen LogP contribution is 2.18. The van der Waals surface area contributed by atoms with Crippen molar-refractivity contribution in [2.75, 3.05) is 7.05 Å². The van der Waals surface area contributed by atoms with Crippen molar-refractivity contribution >= 4 is 15.9 Å². The van der Waals surface area contributed by atoms with E-state index in [0.29, 0.717) is 6.04 Å². The molecule has 20 heavy (non-hydrogen) atoms. The van der Waals surface area contributed by atoms with E-state index in [4.69, 9.17) is 0 Å². The van der Waals surface area contributed by atoms with E-state index >= 15 is 0 Å². The third-order valence-corrected chi connectivity index (χ3v) is 4.38. The van der Waals surface area contributed by atoms with E-state index in [1.165, 1.54) is 16.8 Å². The molecular weight excluding hydrogens is 314 g/mol.